The second-order valence-corrected chi connectivity index (χ2v) is 7.55. The minimum absolute atomic E-state index is 0.106. The fourth-order valence-electron chi connectivity index (χ4n) is 3.74. The lowest BCUT2D eigenvalue weighted by atomic mass is 10.1. The highest BCUT2D eigenvalue weighted by Crippen LogP contribution is 2.31. The van der Waals surface area contributed by atoms with Gasteiger partial charge >= 0.3 is 6.18 Å². The predicted octanol–water partition coefficient (Wildman–Crippen LogP) is 2.87. The number of fused-ring (bicyclic) bond motifs is 1. The van der Waals surface area contributed by atoms with Crippen LogP contribution in [0.2, 0.25) is 0 Å². The molecule has 1 N–H and O–H groups in total. The molecular weight excluding hydrogens is 439 g/mol. The number of aliphatic hydroxyl groups is 1. The van der Waals surface area contributed by atoms with Gasteiger partial charge in [-0.3, -0.25) is 19.3 Å². The number of nitrogens with zero attached hydrogens (tertiary/aromatic N) is 5. The van der Waals surface area contributed by atoms with E-state index in [1.54, 1.807) is 24.5 Å². The molecule has 0 radical (unpaired) electrons. The molecule has 4 aromatic heterocycles. The second kappa shape index (κ2) is 8.01. The Morgan fingerprint density at radius 1 is 1.09 bits per heavy atom. The van der Waals surface area contributed by atoms with Gasteiger partial charge in [-0.25, -0.2) is 9.97 Å². The van der Waals surface area contributed by atoms with Gasteiger partial charge in [0.1, 0.15) is 17.3 Å². The highest BCUT2D eigenvalue weighted by molar-refractivity contribution is 5.93. The molecule has 168 valence electrons. The number of rotatable bonds is 3. The molecule has 1 aliphatic rings. The summed E-state index contributed by atoms with van der Waals surface area (Å²) < 4.78 is 45.3. The minimum atomic E-state index is -4.57. The molecule has 2 atom stereocenters. The largest absolute Gasteiger partial charge is 0.433 e. The smallest absolute Gasteiger partial charge is 0.388 e. The highest BCUT2D eigenvalue weighted by Gasteiger charge is 2.32. The first kappa shape index (κ1) is 21.2. The van der Waals surface area contributed by atoms with Gasteiger partial charge in [0, 0.05) is 29.7 Å². The molecule has 5 rings (SSSR count). The molecule has 0 aromatic carbocycles. The average molecular weight is 455 g/mol. The summed E-state index contributed by atoms with van der Waals surface area (Å²) in [6.45, 7) is 0.263. The topological polar surface area (TPSA) is 103 Å². The first-order chi connectivity index (χ1) is 15.8. The SMILES string of the molecule is O=c1c2cc(-c3ccc(C(F)(F)F)nc3)nc(-c3cccnc3)c2ncn1[C@H]1COC[C@H]1O. The molecule has 33 heavy (non-hydrogen) atoms. The van der Waals surface area contributed by atoms with E-state index in [9.17, 15) is 23.1 Å². The Kier molecular flexibility index (Phi) is 5.14. The summed E-state index contributed by atoms with van der Waals surface area (Å²) >= 11 is 0. The molecule has 1 fully saturated rings. The third-order valence-electron chi connectivity index (χ3n) is 5.43. The maximum absolute atomic E-state index is 13.4. The molecule has 1 saturated heterocycles. The van der Waals surface area contributed by atoms with Crippen molar-refractivity contribution in [3.05, 3.63) is 71.3 Å². The second-order valence-electron chi connectivity index (χ2n) is 7.55. The van der Waals surface area contributed by atoms with E-state index in [1.807, 2.05) is 0 Å². The lowest BCUT2D eigenvalue weighted by Gasteiger charge is -2.17. The van der Waals surface area contributed by atoms with Gasteiger partial charge in [-0.2, -0.15) is 13.2 Å². The molecular formula is C22H16F3N5O3. The molecule has 5 heterocycles. The summed E-state index contributed by atoms with van der Waals surface area (Å²) in [5, 5.41) is 10.4. The zero-order valence-electron chi connectivity index (χ0n) is 16.9. The number of aliphatic hydroxyl groups excluding tert-OH is 1. The lowest BCUT2D eigenvalue weighted by molar-refractivity contribution is -0.141. The summed E-state index contributed by atoms with van der Waals surface area (Å²) in [7, 11) is 0. The molecule has 8 nitrogen and oxygen atoms in total. The van der Waals surface area contributed by atoms with Crippen LogP contribution in [0.4, 0.5) is 13.2 Å². The van der Waals surface area contributed by atoms with E-state index in [1.165, 1.54) is 23.0 Å². The van der Waals surface area contributed by atoms with Gasteiger partial charge in [0.15, 0.2) is 0 Å². The van der Waals surface area contributed by atoms with E-state index < -0.39 is 29.6 Å². The lowest BCUT2D eigenvalue weighted by Crippen LogP contribution is -2.32. The van der Waals surface area contributed by atoms with E-state index in [4.69, 9.17) is 4.74 Å². The van der Waals surface area contributed by atoms with Crippen molar-refractivity contribution in [2.75, 3.05) is 13.2 Å². The summed E-state index contributed by atoms with van der Waals surface area (Å²) in [6, 6.07) is 6.42. The van der Waals surface area contributed by atoms with Crippen molar-refractivity contribution in [3.63, 3.8) is 0 Å². The van der Waals surface area contributed by atoms with Crippen LogP contribution in [0.5, 0.6) is 0 Å². The molecule has 0 spiro atoms. The van der Waals surface area contributed by atoms with Crippen molar-refractivity contribution in [1.82, 2.24) is 24.5 Å². The van der Waals surface area contributed by atoms with Gasteiger partial charge in [0.05, 0.1) is 42.4 Å². The number of ether oxygens (including phenoxy) is 1. The minimum Gasteiger partial charge on any atom is -0.388 e. The van der Waals surface area contributed by atoms with Crippen molar-refractivity contribution in [1.29, 1.82) is 0 Å². The van der Waals surface area contributed by atoms with Crippen molar-refractivity contribution >= 4 is 10.9 Å². The van der Waals surface area contributed by atoms with E-state index in [0.717, 1.165) is 12.3 Å². The van der Waals surface area contributed by atoms with Crippen LogP contribution in [-0.2, 0) is 10.9 Å². The molecule has 0 bridgehead atoms. The summed E-state index contributed by atoms with van der Waals surface area (Å²) in [5.74, 6) is 0. The van der Waals surface area contributed by atoms with Crippen LogP contribution >= 0.6 is 0 Å². The van der Waals surface area contributed by atoms with Crippen molar-refractivity contribution < 1.29 is 23.0 Å². The monoisotopic (exact) mass is 455 g/mol. The van der Waals surface area contributed by atoms with Gasteiger partial charge in [-0.05, 0) is 30.3 Å². The molecule has 11 heteroatoms. The summed E-state index contributed by atoms with van der Waals surface area (Å²) in [6.07, 6.45) is 0.107. The van der Waals surface area contributed by atoms with Crippen LogP contribution < -0.4 is 5.56 Å². The fourth-order valence-corrected chi connectivity index (χ4v) is 3.74. The molecule has 4 aromatic rings. The summed E-state index contributed by atoms with van der Waals surface area (Å²) in [4.78, 5) is 29.9. The maximum atomic E-state index is 13.4. The normalized spacial score (nSPS) is 18.7. The fraction of sp³-hybridized carbons (Fsp3) is 0.227. The number of hydrogen-bond donors (Lipinski definition) is 1. The molecule has 0 saturated carbocycles. The molecule has 0 amide bonds. The molecule has 0 unspecified atom stereocenters. The van der Waals surface area contributed by atoms with Crippen molar-refractivity contribution in [2.24, 2.45) is 0 Å². The van der Waals surface area contributed by atoms with Crippen molar-refractivity contribution in [3.8, 4) is 22.5 Å². The zero-order chi connectivity index (χ0) is 23.2. The average Bonchev–Trinajstić information content (AvgIpc) is 3.24. The third-order valence-corrected chi connectivity index (χ3v) is 5.43. The Bertz CT molecular complexity index is 1370. The third kappa shape index (κ3) is 3.85. The van der Waals surface area contributed by atoms with Gasteiger partial charge in [0.2, 0.25) is 0 Å². The van der Waals surface area contributed by atoms with E-state index >= 15 is 0 Å². The number of aromatic nitrogens is 5. The standard InChI is InChI=1S/C22H16F3N5O3/c23-22(24,25)18-4-3-12(8-27-18)15-6-14-20(19(29-15)13-2-1-5-26-7-13)28-11-30(21(14)32)16-9-33-10-17(16)31/h1-8,11,16-17,31H,9-10H2/t16-,17+/m0/s1. The first-order valence-electron chi connectivity index (χ1n) is 9.94. The Labute approximate surface area is 184 Å². The van der Waals surface area contributed by atoms with Gasteiger partial charge in [0.25, 0.3) is 5.56 Å². The van der Waals surface area contributed by atoms with Gasteiger partial charge in [-0.15, -0.1) is 0 Å². The van der Waals surface area contributed by atoms with Crippen LogP contribution in [0.15, 0.2) is 60.0 Å². The Balaban J connectivity index is 1.73. The maximum Gasteiger partial charge on any atom is 0.433 e. The predicted molar refractivity (Wildman–Crippen MR) is 111 cm³/mol. The van der Waals surface area contributed by atoms with Crippen LogP contribution in [-0.4, -0.2) is 48.9 Å². The van der Waals surface area contributed by atoms with Crippen LogP contribution in [0, 0.1) is 0 Å². The van der Waals surface area contributed by atoms with E-state index in [-0.39, 0.29) is 24.3 Å². The highest BCUT2D eigenvalue weighted by atomic mass is 19.4. The molecule has 0 aliphatic carbocycles. The number of alkyl halides is 3. The number of halogens is 3. The Hall–Kier alpha value is -3.70. The molecule has 1 aliphatic heterocycles. The van der Waals surface area contributed by atoms with Crippen LogP contribution in [0.25, 0.3) is 33.4 Å². The number of pyridine rings is 3. The van der Waals surface area contributed by atoms with Gasteiger partial charge < -0.3 is 9.84 Å². The quantitative estimate of drug-likeness (QED) is 0.507. The number of hydrogen-bond acceptors (Lipinski definition) is 7. The first-order valence-corrected chi connectivity index (χ1v) is 9.94. The van der Waals surface area contributed by atoms with E-state index in [2.05, 4.69) is 19.9 Å². The van der Waals surface area contributed by atoms with Gasteiger partial charge in [-0.1, -0.05) is 0 Å². The van der Waals surface area contributed by atoms with Crippen LogP contribution in [0.3, 0.4) is 0 Å². The summed E-state index contributed by atoms with van der Waals surface area (Å²) in [5.41, 5.74) is 0.334. The Morgan fingerprint density at radius 2 is 1.94 bits per heavy atom. The Morgan fingerprint density at radius 3 is 2.58 bits per heavy atom. The van der Waals surface area contributed by atoms with E-state index in [0.29, 0.717) is 22.3 Å². The van der Waals surface area contributed by atoms with Crippen LogP contribution in [0.1, 0.15) is 11.7 Å². The zero-order valence-corrected chi connectivity index (χ0v) is 16.9. The van der Waals surface area contributed by atoms with Crippen molar-refractivity contribution in [2.45, 2.75) is 18.3 Å².